The van der Waals surface area contributed by atoms with Gasteiger partial charge in [0.1, 0.15) is 0 Å². The smallest absolute Gasteiger partial charge is 0.339 e. The SMILES string of the molecule is CCNC(=O)COC(=O)c1ccccc1SCc1ccc(C#N)cc1. The monoisotopic (exact) mass is 354 g/mol. The summed E-state index contributed by atoms with van der Waals surface area (Å²) in [5.41, 5.74) is 2.10. The van der Waals surface area contributed by atoms with Crippen molar-refractivity contribution in [1.29, 1.82) is 5.26 Å². The zero-order chi connectivity index (χ0) is 18.1. The molecule has 6 heteroatoms. The summed E-state index contributed by atoms with van der Waals surface area (Å²) in [6.45, 7) is 2.00. The Morgan fingerprint density at radius 3 is 2.56 bits per heavy atom. The third-order valence-electron chi connectivity index (χ3n) is 3.29. The molecule has 0 bridgehead atoms. The summed E-state index contributed by atoms with van der Waals surface area (Å²) in [6.07, 6.45) is 0. The molecule has 1 amide bonds. The van der Waals surface area contributed by atoms with Crippen LogP contribution in [-0.4, -0.2) is 25.0 Å². The Balaban J connectivity index is 2.00. The number of benzene rings is 2. The van der Waals surface area contributed by atoms with Crippen molar-refractivity contribution in [3.8, 4) is 6.07 Å². The van der Waals surface area contributed by atoms with E-state index in [1.165, 1.54) is 11.8 Å². The van der Waals surface area contributed by atoms with E-state index >= 15 is 0 Å². The lowest BCUT2D eigenvalue weighted by Crippen LogP contribution is -2.28. The molecular weight excluding hydrogens is 336 g/mol. The predicted octanol–water partition coefficient (Wildman–Crippen LogP) is 3.14. The summed E-state index contributed by atoms with van der Waals surface area (Å²) in [7, 11) is 0. The molecule has 0 aliphatic rings. The number of nitriles is 1. The number of carbonyl (C=O) groups excluding carboxylic acids is 2. The molecule has 0 aromatic heterocycles. The molecule has 0 saturated carbocycles. The first-order valence-electron chi connectivity index (χ1n) is 7.78. The Bertz CT molecular complexity index is 782. The Morgan fingerprint density at radius 1 is 1.16 bits per heavy atom. The molecule has 5 nitrogen and oxygen atoms in total. The maximum Gasteiger partial charge on any atom is 0.339 e. The molecule has 1 N–H and O–H groups in total. The van der Waals surface area contributed by atoms with Gasteiger partial charge in [-0.05, 0) is 36.8 Å². The van der Waals surface area contributed by atoms with Gasteiger partial charge in [0.05, 0.1) is 17.2 Å². The number of likely N-dealkylation sites (N-methyl/N-ethyl adjacent to an activating group) is 1. The molecule has 0 fully saturated rings. The van der Waals surface area contributed by atoms with Crippen molar-refractivity contribution in [2.24, 2.45) is 0 Å². The molecule has 0 heterocycles. The average Bonchev–Trinajstić information content (AvgIpc) is 2.65. The van der Waals surface area contributed by atoms with Gasteiger partial charge in [0.2, 0.25) is 0 Å². The number of nitrogens with zero attached hydrogens (tertiary/aromatic N) is 1. The van der Waals surface area contributed by atoms with Crippen molar-refractivity contribution in [3.63, 3.8) is 0 Å². The molecular formula is C19H18N2O3S. The quantitative estimate of drug-likeness (QED) is 0.610. The molecule has 0 radical (unpaired) electrons. The second-order valence-corrected chi connectivity index (χ2v) is 6.14. The maximum atomic E-state index is 12.2. The number of nitrogens with one attached hydrogen (secondary N) is 1. The predicted molar refractivity (Wildman–Crippen MR) is 96.1 cm³/mol. The lowest BCUT2D eigenvalue weighted by molar-refractivity contribution is -0.124. The van der Waals surface area contributed by atoms with E-state index in [-0.39, 0.29) is 12.5 Å². The highest BCUT2D eigenvalue weighted by atomic mass is 32.2. The minimum absolute atomic E-state index is 0.290. The van der Waals surface area contributed by atoms with Gasteiger partial charge in [0.25, 0.3) is 5.91 Å². The molecule has 0 saturated heterocycles. The van der Waals surface area contributed by atoms with Crippen LogP contribution in [0.4, 0.5) is 0 Å². The first-order chi connectivity index (χ1) is 12.1. The fraction of sp³-hybridized carbons (Fsp3) is 0.211. The van der Waals surface area contributed by atoms with Crippen molar-refractivity contribution in [2.75, 3.05) is 13.2 Å². The van der Waals surface area contributed by atoms with Crippen LogP contribution in [0.15, 0.2) is 53.4 Å². The fourth-order valence-corrected chi connectivity index (χ4v) is 3.05. The highest BCUT2D eigenvalue weighted by molar-refractivity contribution is 7.98. The van der Waals surface area contributed by atoms with E-state index in [1.807, 2.05) is 24.3 Å². The van der Waals surface area contributed by atoms with Gasteiger partial charge in [-0.1, -0.05) is 24.3 Å². The van der Waals surface area contributed by atoms with Crippen LogP contribution in [0.2, 0.25) is 0 Å². The summed E-state index contributed by atoms with van der Waals surface area (Å²) in [4.78, 5) is 24.4. The second-order valence-electron chi connectivity index (χ2n) is 5.12. The van der Waals surface area contributed by atoms with Gasteiger partial charge >= 0.3 is 5.97 Å². The summed E-state index contributed by atoms with van der Waals surface area (Å²) < 4.78 is 5.07. The minimum atomic E-state index is -0.519. The van der Waals surface area contributed by atoms with Crippen molar-refractivity contribution in [2.45, 2.75) is 17.6 Å². The van der Waals surface area contributed by atoms with Gasteiger partial charge in [0, 0.05) is 17.2 Å². The first kappa shape index (κ1) is 18.6. The van der Waals surface area contributed by atoms with Crippen LogP contribution < -0.4 is 5.32 Å². The van der Waals surface area contributed by atoms with Gasteiger partial charge in [0.15, 0.2) is 6.61 Å². The summed E-state index contributed by atoms with van der Waals surface area (Å²) >= 11 is 1.50. The minimum Gasteiger partial charge on any atom is -0.452 e. The number of thioether (sulfide) groups is 1. The molecule has 25 heavy (non-hydrogen) atoms. The van der Waals surface area contributed by atoms with Crippen LogP contribution in [0.25, 0.3) is 0 Å². The van der Waals surface area contributed by atoms with Gasteiger partial charge in [-0.3, -0.25) is 4.79 Å². The largest absolute Gasteiger partial charge is 0.452 e. The number of ether oxygens (including phenoxy) is 1. The van der Waals surface area contributed by atoms with Crippen LogP contribution in [0, 0.1) is 11.3 Å². The van der Waals surface area contributed by atoms with Gasteiger partial charge in [-0.15, -0.1) is 11.8 Å². The zero-order valence-corrected chi connectivity index (χ0v) is 14.6. The van der Waals surface area contributed by atoms with Crippen LogP contribution in [-0.2, 0) is 15.3 Å². The third kappa shape index (κ3) is 5.66. The van der Waals surface area contributed by atoms with E-state index in [9.17, 15) is 9.59 Å². The highest BCUT2D eigenvalue weighted by Crippen LogP contribution is 2.27. The van der Waals surface area contributed by atoms with Crippen molar-refractivity contribution in [1.82, 2.24) is 5.32 Å². The number of amides is 1. The molecule has 2 aromatic carbocycles. The Labute approximate surface area is 151 Å². The molecule has 128 valence electrons. The van der Waals surface area contributed by atoms with Gasteiger partial charge < -0.3 is 10.1 Å². The topological polar surface area (TPSA) is 79.2 Å². The van der Waals surface area contributed by atoms with Gasteiger partial charge in [-0.25, -0.2) is 4.79 Å². The van der Waals surface area contributed by atoms with E-state index in [0.29, 0.717) is 23.4 Å². The molecule has 0 spiro atoms. The maximum absolute atomic E-state index is 12.2. The average molecular weight is 354 g/mol. The Kier molecular flexibility index (Phi) is 7.05. The first-order valence-corrected chi connectivity index (χ1v) is 8.77. The molecule has 2 aromatic rings. The van der Waals surface area contributed by atoms with E-state index in [1.54, 1.807) is 31.2 Å². The number of hydrogen-bond donors (Lipinski definition) is 1. The Hall–Kier alpha value is -2.78. The summed E-state index contributed by atoms with van der Waals surface area (Å²) in [5.74, 6) is -0.181. The van der Waals surface area contributed by atoms with E-state index in [0.717, 1.165) is 10.5 Å². The van der Waals surface area contributed by atoms with Crippen LogP contribution >= 0.6 is 11.8 Å². The number of rotatable bonds is 7. The second kappa shape index (κ2) is 9.50. The van der Waals surface area contributed by atoms with E-state index in [4.69, 9.17) is 10.00 Å². The third-order valence-corrected chi connectivity index (χ3v) is 4.44. The van der Waals surface area contributed by atoms with E-state index in [2.05, 4.69) is 11.4 Å². The van der Waals surface area contributed by atoms with Crippen LogP contribution in [0.1, 0.15) is 28.4 Å². The lowest BCUT2D eigenvalue weighted by Gasteiger charge is -2.09. The molecule has 0 aliphatic carbocycles. The van der Waals surface area contributed by atoms with Gasteiger partial charge in [-0.2, -0.15) is 5.26 Å². The normalized spacial score (nSPS) is 9.92. The number of esters is 1. The highest BCUT2D eigenvalue weighted by Gasteiger charge is 2.14. The standard InChI is InChI=1S/C19H18N2O3S/c1-2-21-18(22)12-24-19(23)16-5-3-4-6-17(16)25-13-15-9-7-14(11-20)8-10-15/h3-10H,2,12-13H2,1H3,(H,21,22). The molecule has 0 atom stereocenters. The number of hydrogen-bond acceptors (Lipinski definition) is 5. The fourth-order valence-electron chi connectivity index (χ4n) is 2.05. The van der Waals surface area contributed by atoms with Crippen molar-refractivity contribution >= 4 is 23.6 Å². The number of carbonyl (C=O) groups is 2. The zero-order valence-electron chi connectivity index (χ0n) is 13.8. The summed E-state index contributed by atoms with van der Waals surface area (Å²) in [6, 6.07) is 16.5. The van der Waals surface area contributed by atoms with Crippen molar-refractivity contribution < 1.29 is 14.3 Å². The van der Waals surface area contributed by atoms with Crippen LogP contribution in [0.5, 0.6) is 0 Å². The van der Waals surface area contributed by atoms with Crippen LogP contribution in [0.3, 0.4) is 0 Å². The lowest BCUT2D eigenvalue weighted by atomic mass is 10.2. The molecule has 0 aliphatic heterocycles. The van der Waals surface area contributed by atoms with Crippen molar-refractivity contribution in [3.05, 3.63) is 65.2 Å². The Morgan fingerprint density at radius 2 is 1.88 bits per heavy atom. The molecule has 2 rings (SSSR count). The van der Waals surface area contributed by atoms with E-state index < -0.39 is 5.97 Å². The molecule has 0 unspecified atom stereocenters. The summed E-state index contributed by atoms with van der Waals surface area (Å²) in [5, 5.41) is 11.4.